The Morgan fingerprint density at radius 3 is 2.93 bits per heavy atom. The van der Waals surface area contributed by atoms with E-state index in [0.717, 1.165) is 39.0 Å². The van der Waals surface area contributed by atoms with Crippen molar-refractivity contribution in [3.63, 3.8) is 0 Å². The summed E-state index contributed by atoms with van der Waals surface area (Å²) in [5, 5.41) is 0. The average Bonchev–Trinajstić information content (AvgIpc) is 2.25. The normalized spacial score (nSPS) is 22.4. The van der Waals surface area contributed by atoms with E-state index in [1.807, 2.05) is 11.8 Å². The lowest BCUT2D eigenvalue weighted by atomic mass is 10.1. The number of piperidine rings is 1. The van der Waals surface area contributed by atoms with Gasteiger partial charge in [-0.3, -0.25) is 4.79 Å². The summed E-state index contributed by atoms with van der Waals surface area (Å²) in [6.45, 7) is 6.56. The van der Waals surface area contributed by atoms with E-state index in [0.29, 0.717) is 6.42 Å². The zero-order valence-corrected chi connectivity index (χ0v) is 9.29. The van der Waals surface area contributed by atoms with Gasteiger partial charge in [0.05, 0.1) is 6.10 Å². The lowest BCUT2D eigenvalue weighted by Gasteiger charge is -2.32. The minimum atomic E-state index is 0.259. The van der Waals surface area contributed by atoms with Gasteiger partial charge in [0.25, 0.3) is 0 Å². The van der Waals surface area contributed by atoms with Crippen molar-refractivity contribution in [3.05, 3.63) is 0 Å². The van der Waals surface area contributed by atoms with Gasteiger partial charge in [-0.2, -0.15) is 0 Å². The van der Waals surface area contributed by atoms with E-state index in [9.17, 15) is 4.79 Å². The highest BCUT2D eigenvalue weighted by molar-refractivity contribution is 5.75. The molecule has 0 bridgehead atoms. The summed E-state index contributed by atoms with van der Waals surface area (Å²) in [4.78, 5) is 13.4. The van der Waals surface area contributed by atoms with Gasteiger partial charge in [0.1, 0.15) is 0 Å². The molecule has 0 N–H and O–H groups in total. The molecule has 0 aromatic carbocycles. The minimum absolute atomic E-state index is 0.259. The van der Waals surface area contributed by atoms with E-state index in [2.05, 4.69) is 6.92 Å². The Balaban J connectivity index is 2.31. The maximum absolute atomic E-state index is 11.5. The summed E-state index contributed by atoms with van der Waals surface area (Å²) in [6, 6.07) is 0. The van der Waals surface area contributed by atoms with Crippen LogP contribution in [0.5, 0.6) is 0 Å². The Hall–Kier alpha value is -0.570. The molecule has 3 nitrogen and oxygen atoms in total. The summed E-state index contributed by atoms with van der Waals surface area (Å²) >= 11 is 0. The van der Waals surface area contributed by atoms with Gasteiger partial charge in [-0.05, 0) is 19.3 Å². The minimum Gasteiger partial charge on any atom is -0.376 e. The van der Waals surface area contributed by atoms with E-state index in [4.69, 9.17) is 4.74 Å². The molecule has 1 saturated heterocycles. The summed E-state index contributed by atoms with van der Waals surface area (Å²) in [5.41, 5.74) is 0. The molecule has 1 rings (SSSR count). The molecule has 0 aromatic rings. The Morgan fingerprint density at radius 1 is 1.50 bits per heavy atom. The molecule has 0 aliphatic carbocycles. The van der Waals surface area contributed by atoms with Crippen molar-refractivity contribution in [1.82, 2.24) is 4.90 Å². The van der Waals surface area contributed by atoms with E-state index >= 15 is 0 Å². The van der Waals surface area contributed by atoms with Crippen molar-refractivity contribution in [2.45, 2.75) is 45.6 Å². The van der Waals surface area contributed by atoms with Crippen LogP contribution in [-0.2, 0) is 9.53 Å². The highest BCUT2D eigenvalue weighted by Crippen LogP contribution is 2.14. The predicted octanol–water partition coefficient (Wildman–Crippen LogP) is 1.81. The molecule has 1 aliphatic rings. The fourth-order valence-electron chi connectivity index (χ4n) is 1.81. The Kier molecular flexibility index (Phi) is 4.94. The second kappa shape index (κ2) is 6.02. The van der Waals surface area contributed by atoms with Gasteiger partial charge in [-0.15, -0.1) is 0 Å². The number of rotatable bonds is 4. The largest absolute Gasteiger partial charge is 0.376 e. The number of amides is 1. The lowest BCUT2D eigenvalue weighted by Crippen LogP contribution is -2.43. The monoisotopic (exact) mass is 199 g/mol. The van der Waals surface area contributed by atoms with Crippen LogP contribution in [0.2, 0.25) is 0 Å². The number of likely N-dealkylation sites (tertiary alicyclic amines) is 1. The topological polar surface area (TPSA) is 29.5 Å². The molecule has 0 radical (unpaired) electrons. The van der Waals surface area contributed by atoms with Crippen LogP contribution in [0.1, 0.15) is 39.5 Å². The van der Waals surface area contributed by atoms with Crippen molar-refractivity contribution < 1.29 is 9.53 Å². The first kappa shape index (κ1) is 11.5. The predicted molar refractivity (Wildman–Crippen MR) is 56.1 cm³/mol. The van der Waals surface area contributed by atoms with Crippen molar-refractivity contribution in [2.24, 2.45) is 0 Å². The van der Waals surface area contributed by atoms with Crippen LogP contribution < -0.4 is 0 Å². The van der Waals surface area contributed by atoms with E-state index in [1.54, 1.807) is 0 Å². The van der Waals surface area contributed by atoms with Gasteiger partial charge in [-0.25, -0.2) is 0 Å². The number of carbonyl (C=O) groups is 1. The van der Waals surface area contributed by atoms with Crippen LogP contribution in [0, 0.1) is 0 Å². The van der Waals surface area contributed by atoms with E-state index in [-0.39, 0.29) is 12.0 Å². The maximum Gasteiger partial charge on any atom is 0.222 e. The molecule has 1 aliphatic heterocycles. The third kappa shape index (κ3) is 3.29. The molecule has 3 heteroatoms. The lowest BCUT2D eigenvalue weighted by molar-refractivity contribution is -0.135. The summed E-state index contributed by atoms with van der Waals surface area (Å²) < 4.78 is 5.66. The highest BCUT2D eigenvalue weighted by Gasteiger charge is 2.22. The number of carbonyl (C=O) groups excluding carboxylic acids is 1. The first-order chi connectivity index (χ1) is 6.77. The van der Waals surface area contributed by atoms with Crippen molar-refractivity contribution >= 4 is 5.91 Å². The third-order valence-corrected chi connectivity index (χ3v) is 2.59. The van der Waals surface area contributed by atoms with Gasteiger partial charge in [-0.1, -0.05) is 13.8 Å². The molecule has 0 aromatic heterocycles. The van der Waals surface area contributed by atoms with Gasteiger partial charge in [0.15, 0.2) is 0 Å². The maximum atomic E-state index is 11.5. The number of nitrogens with zero attached hydrogens (tertiary/aromatic N) is 1. The Labute approximate surface area is 86.4 Å². The average molecular weight is 199 g/mol. The second-order valence-electron chi connectivity index (χ2n) is 3.83. The molecule has 0 saturated carbocycles. The Morgan fingerprint density at radius 2 is 2.29 bits per heavy atom. The van der Waals surface area contributed by atoms with Gasteiger partial charge >= 0.3 is 0 Å². The summed E-state index contributed by atoms with van der Waals surface area (Å²) in [6.07, 6.45) is 4.13. The van der Waals surface area contributed by atoms with Gasteiger partial charge < -0.3 is 9.64 Å². The molecule has 1 amide bonds. The van der Waals surface area contributed by atoms with Crippen LogP contribution in [0.4, 0.5) is 0 Å². The molecule has 1 heterocycles. The molecule has 82 valence electrons. The number of ether oxygens (including phenoxy) is 1. The van der Waals surface area contributed by atoms with Crippen LogP contribution >= 0.6 is 0 Å². The SMILES string of the molecule is CCCOC1CCCN(C(=O)CC)C1. The van der Waals surface area contributed by atoms with Crippen LogP contribution in [0.3, 0.4) is 0 Å². The molecule has 1 atom stereocenters. The molecular formula is C11H21NO2. The number of hydrogen-bond donors (Lipinski definition) is 0. The zero-order valence-electron chi connectivity index (χ0n) is 9.29. The molecule has 14 heavy (non-hydrogen) atoms. The van der Waals surface area contributed by atoms with Crippen LogP contribution in [-0.4, -0.2) is 36.6 Å². The zero-order chi connectivity index (χ0) is 10.4. The van der Waals surface area contributed by atoms with Crippen LogP contribution in [0.25, 0.3) is 0 Å². The highest BCUT2D eigenvalue weighted by atomic mass is 16.5. The Bertz CT molecular complexity index is 182. The molecule has 1 fully saturated rings. The first-order valence-electron chi connectivity index (χ1n) is 5.67. The smallest absolute Gasteiger partial charge is 0.222 e. The molecule has 0 spiro atoms. The van der Waals surface area contributed by atoms with Crippen LogP contribution in [0.15, 0.2) is 0 Å². The van der Waals surface area contributed by atoms with Gasteiger partial charge in [0.2, 0.25) is 5.91 Å². The molecular weight excluding hydrogens is 178 g/mol. The fraction of sp³-hybridized carbons (Fsp3) is 0.909. The van der Waals surface area contributed by atoms with Crippen molar-refractivity contribution in [1.29, 1.82) is 0 Å². The first-order valence-corrected chi connectivity index (χ1v) is 5.67. The van der Waals surface area contributed by atoms with Crippen molar-refractivity contribution in [3.8, 4) is 0 Å². The van der Waals surface area contributed by atoms with E-state index in [1.165, 1.54) is 0 Å². The third-order valence-electron chi connectivity index (χ3n) is 2.59. The summed E-state index contributed by atoms with van der Waals surface area (Å²) in [5.74, 6) is 0.259. The van der Waals surface area contributed by atoms with Gasteiger partial charge in [0, 0.05) is 26.1 Å². The molecule has 1 unspecified atom stereocenters. The fourth-order valence-corrected chi connectivity index (χ4v) is 1.81. The van der Waals surface area contributed by atoms with E-state index < -0.39 is 0 Å². The van der Waals surface area contributed by atoms with Crippen molar-refractivity contribution in [2.75, 3.05) is 19.7 Å². The standard InChI is InChI=1S/C11H21NO2/c1-3-8-14-10-6-5-7-12(9-10)11(13)4-2/h10H,3-9H2,1-2H3. The summed E-state index contributed by atoms with van der Waals surface area (Å²) in [7, 11) is 0. The quantitative estimate of drug-likeness (QED) is 0.691. The number of hydrogen-bond acceptors (Lipinski definition) is 2. The second-order valence-corrected chi connectivity index (χ2v) is 3.83.